The molecular weight excluding hydrogens is 299 g/mol. The van der Waals surface area contributed by atoms with Gasteiger partial charge in [0.05, 0.1) is 0 Å². The van der Waals surface area contributed by atoms with Gasteiger partial charge >= 0.3 is 0 Å². The van der Waals surface area contributed by atoms with Crippen molar-refractivity contribution >= 4 is 17.7 Å². The van der Waals surface area contributed by atoms with Gasteiger partial charge < -0.3 is 10.2 Å². The largest absolute Gasteiger partial charge is 0.338 e. The molecule has 1 aromatic carbocycles. The smallest absolute Gasteiger partial charge is 0.226 e. The Bertz CT molecular complexity index is 474. The van der Waals surface area contributed by atoms with Gasteiger partial charge in [-0.1, -0.05) is 13.8 Å². The van der Waals surface area contributed by atoms with E-state index in [4.69, 9.17) is 0 Å². The van der Waals surface area contributed by atoms with Crippen LogP contribution in [0.25, 0.3) is 0 Å². The van der Waals surface area contributed by atoms with Gasteiger partial charge in [-0.05, 0) is 43.7 Å². The Morgan fingerprint density at radius 2 is 2.18 bits per heavy atom. The minimum atomic E-state index is -0.226. The first-order valence-corrected chi connectivity index (χ1v) is 9.00. The fraction of sp³-hybridized carbons (Fsp3) is 0.588. The van der Waals surface area contributed by atoms with Gasteiger partial charge in [-0.15, -0.1) is 11.8 Å². The molecule has 5 heteroatoms. The van der Waals surface area contributed by atoms with E-state index in [9.17, 15) is 9.18 Å². The number of nitrogens with zero attached hydrogens (tertiary/aromatic N) is 1. The highest BCUT2D eigenvalue weighted by molar-refractivity contribution is 7.99. The van der Waals surface area contributed by atoms with Crippen molar-refractivity contribution in [1.29, 1.82) is 0 Å². The fourth-order valence-electron chi connectivity index (χ4n) is 2.73. The van der Waals surface area contributed by atoms with Crippen molar-refractivity contribution in [2.45, 2.75) is 37.6 Å². The molecule has 0 bridgehead atoms. The third-order valence-electron chi connectivity index (χ3n) is 3.96. The molecule has 1 fully saturated rings. The molecule has 2 unspecified atom stereocenters. The van der Waals surface area contributed by atoms with Crippen molar-refractivity contribution in [3.63, 3.8) is 0 Å². The predicted molar refractivity (Wildman–Crippen MR) is 89.6 cm³/mol. The number of thioether (sulfide) groups is 1. The SMILES string of the molecule is CCCN(C(=O)C(C)CSc1ccc(F)cc1)C1CCNC1. The summed E-state index contributed by atoms with van der Waals surface area (Å²) in [4.78, 5) is 15.8. The number of amides is 1. The highest BCUT2D eigenvalue weighted by Crippen LogP contribution is 2.23. The molecule has 1 saturated heterocycles. The zero-order chi connectivity index (χ0) is 15.9. The van der Waals surface area contributed by atoms with E-state index < -0.39 is 0 Å². The molecule has 0 aromatic heterocycles. The average molecular weight is 324 g/mol. The molecule has 122 valence electrons. The minimum Gasteiger partial charge on any atom is -0.338 e. The first-order valence-electron chi connectivity index (χ1n) is 8.01. The molecule has 3 nitrogen and oxygen atoms in total. The van der Waals surface area contributed by atoms with Gasteiger partial charge in [0.25, 0.3) is 0 Å². The molecule has 0 spiro atoms. The summed E-state index contributed by atoms with van der Waals surface area (Å²) in [7, 11) is 0. The van der Waals surface area contributed by atoms with E-state index in [0.29, 0.717) is 6.04 Å². The molecular formula is C17H25FN2OS. The number of benzene rings is 1. The van der Waals surface area contributed by atoms with Crippen LogP contribution in [0.5, 0.6) is 0 Å². The van der Waals surface area contributed by atoms with Crippen LogP contribution in [0.1, 0.15) is 26.7 Å². The van der Waals surface area contributed by atoms with Crippen molar-refractivity contribution in [2.75, 3.05) is 25.4 Å². The average Bonchev–Trinajstić information content (AvgIpc) is 3.05. The second kappa shape index (κ2) is 8.53. The van der Waals surface area contributed by atoms with Crippen LogP contribution in [0.4, 0.5) is 4.39 Å². The standard InChI is InChI=1S/C17H25FN2OS/c1-3-10-20(15-8-9-19-11-15)17(21)13(2)12-22-16-6-4-14(18)5-7-16/h4-7,13,15,19H,3,8-12H2,1-2H3. The van der Waals surface area contributed by atoms with Gasteiger partial charge in [0.2, 0.25) is 5.91 Å². The number of carbonyl (C=O) groups excluding carboxylic acids is 1. The molecule has 2 rings (SSSR count). The van der Waals surface area contributed by atoms with Crippen LogP contribution < -0.4 is 5.32 Å². The summed E-state index contributed by atoms with van der Waals surface area (Å²) in [6.45, 7) is 6.83. The molecule has 2 atom stereocenters. The Morgan fingerprint density at radius 3 is 2.77 bits per heavy atom. The van der Waals surface area contributed by atoms with Gasteiger partial charge in [0.1, 0.15) is 5.82 Å². The topological polar surface area (TPSA) is 32.3 Å². The summed E-state index contributed by atoms with van der Waals surface area (Å²) in [6, 6.07) is 6.79. The fourth-order valence-corrected chi connectivity index (χ4v) is 3.64. The summed E-state index contributed by atoms with van der Waals surface area (Å²) in [5.74, 6) is 0.717. The molecule has 1 heterocycles. The minimum absolute atomic E-state index is 0.0257. The van der Waals surface area contributed by atoms with E-state index in [1.54, 1.807) is 23.9 Å². The molecule has 1 aliphatic heterocycles. The first-order chi connectivity index (χ1) is 10.6. The lowest BCUT2D eigenvalue weighted by molar-refractivity contribution is -0.136. The Hall–Kier alpha value is -1.07. The van der Waals surface area contributed by atoms with Crippen molar-refractivity contribution in [2.24, 2.45) is 5.92 Å². The van der Waals surface area contributed by atoms with E-state index in [0.717, 1.165) is 43.1 Å². The van der Waals surface area contributed by atoms with Crippen molar-refractivity contribution in [3.8, 4) is 0 Å². The van der Waals surface area contributed by atoms with Gasteiger partial charge in [0.15, 0.2) is 0 Å². The van der Waals surface area contributed by atoms with Crippen LogP contribution in [0, 0.1) is 11.7 Å². The summed E-state index contributed by atoms with van der Waals surface area (Å²) in [5, 5.41) is 3.33. The van der Waals surface area contributed by atoms with E-state index in [-0.39, 0.29) is 17.6 Å². The highest BCUT2D eigenvalue weighted by atomic mass is 32.2. The maximum absolute atomic E-state index is 12.9. The van der Waals surface area contributed by atoms with Crippen LogP contribution in [0.3, 0.4) is 0 Å². The summed E-state index contributed by atoms with van der Waals surface area (Å²) in [6.07, 6.45) is 2.03. The number of rotatable bonds is 7. The number of carbonyl (C=O) groups is 1. The lowest BCUT2D eigenvalue weighted by Gasteiger charge is -2.30. The molecule has 0 aliphatic carbocycles. The molecule has 1 amide bonds. The number of halogens is 1. The molecule has 0 saturated carbocycles. The van der Waals surface area contributed by atoms with Crippen LogP contribution in [0.2, 0.25) is 0 Å². The summed E-state index contributed by atoms with van der Waals surface area (Å²) < 4.78 is 12.9. The molecule has 1 aliphatic rings. The van der Waals surface area contributed by atoms with E-state index >= 15 is 0 Å². The first kappa shape index (κ1) is 17.3. The third kappa shape index (κ3) is 4.71. The maximum Gasteiger partial charge on any atom is 0.226 e. The lowest BCUT2D eigenvalue weighted by Crippen LogP contribution is -2.45. The second-order valence-electron chi connectivity index (χ2n) is 5.84. The third-order valence-corrected chi connectivity index (χ3v) is 5.23. The number of nitrogens with one attached hydrogen (secondary N) is 1. The van der Waals surface area contributed by atoms with Crippen LogP contribution in [0.15, 0.2) is 29.2 Å². The van der Waals surface area contributed by atoms with Crippen molar-refractivity contribution in [1.82, 2.24) is 10.2 Å². The number of hydrogen-bond donors (Lipinski definition) is 1. The maximum atomic E-state index is 12.9. The van der Waals surface area contributed by atoms with Crippen LogP contribution in [-0.2, 0) is 4.79 Å². The van der Waals surface area contributed by atoms with Crippen molar-refractivity contribution in [3.05, 3.63) is 30.1 Å². The van der Waals surface area contributed by atoms with Gasteiger partial charge in [0, 0.05) is 35.7 Å². The Balaban J connectivity index is 1.89. The lowest BCUT2D eigenvalue weighted by atomic mass is 10.1. The Labute approximate surface area is 136 Å². The van der Waals surface area contributed by atoms with E-state index in [1.165, 1.54) is 12.1 Å². The van der Waals surface area contributed by atoms with Crippen molar-refractivity contribution < 1.29 is 9.18 Å². The molecule has 22 heavy (non-hydrogen) atoms. The molecule has 0 radical (unpaired) electrons. The molecule has 1 N–H and O–H groups in total. The quantitative estimate of drug-likeness (QED) is 0.782. The van der Waals surface area contributed by atoms with Gasteiger partial charge in [-0.25, -0.2) is 4.39 Å². The highest BCUT2D eigenvalue weighted by Gasteiger charge is 2.28. The van der Waals surface area contributed by atoms with Crippen LogP contribution >= 0.6 is 11.8 Å². The Kier molecular flexibility index (Phi) is 6.70. The summed E-state index contributed by atoms with van der Waals surface area (Å²) >= 11 is 1.61. The van der Waals surface area contributed by atoms with E-state index in [1.807, 2.05) is 6.92 Å². The number of hydrogen-bond acceptors (Lipinski definition) is 3. The molecule has 1 aromatic rings. The van der Waals surface area contributed by atoms with Gasteiger partial charge in [-0.2, -0.15) is 0 Å². The Morgan fingerprint density at radius 1 is 1.45 bits per heavy atom. The van der Waals surface area contributed by atoms with E-state index in [2.05, 4.69) is 17.1 Å². The predicted octanol–water partition coefficient (Wildman–Crippen LogP) is 3.15. The van der Waals surface area contributed by atoms with Gasteiger partial charge in [-0.3, -0.25) is 4.79 Å². The second-order valence-corrected chi connectivity index (χ2v) is 6.94. The summed E-state index contributed by atoms with van der Waals surface area (Å²) in [5.41, 5.74) is 0. The van der Waals surface area contributed by atoms with Crippen LogP contribution in [-0.4, -0.2) is 42.2 Å². The monoisotopic (exact) mass is 324 g/mol. The zero-order valence-corrected chi connectivity index (χ0v) is 14.2. The zero-order valence-electron chi connectivity index (χ0n) is 13.3. The normalized spacial score (nSPS) is 19.1.